The number of hydrogen-bond donors (Lipinski definition) is 0. The molecule has 2 heterocycles. The Morgan fingerprint density at radius 2 is 2.19 bits per heavy atom. The van der Waals surface area contributed by atoms with Gasteiger partial charge in [-0.2, -0.15) is 0 Å². The molecule has 16 heavy (non-hydrogen) atoms. The van der Waals surface area contributed by atoms with E-state index in [0.717, 1.165) is 4.70 Å². The van der Waals surface area contributed by atoms with Crippen molar-refractivity contribution in [1.29, 1.82) is 0 Å². The third kappa shape index (κ3) is 1.27. The van der Waals surface area contributed by atoms with Gasteiger partial charge >= 0.3 is 0 Å². The first-order valence-corrected chi connectivity index (χ1v) is 5.73. The first-order valence-electron chi connectivity index (χ1n) is 4.86. The van der Waals surface area contributed by atoms with Crippen molar-refractivity contribution in [3.05, 3.63) is 41.0 Å². The molecule has 0 amide bonds. The van der Waals surface area contributed by atoms with Gasteiger partial charge in [0, 0.05) is 5.56 Å². The van der Waals surface area contributed by atoms with Gasteiger partial charge in [0.15, 0.2) is 5.58 Å². The summed E-state index contributed by atoms with van der Waals surface area (Å²) in [6.45, 7) is 1.74. The van der Waals surface area contributed by atoms with Crippen LogP contribution in [0.25, 0.3) is 21.5 Å². The Kier molecular flexibility index (Phi) is 2.04. The summed E-state index contributed by atoms with van der Waals surface area (Å²) in [4.78, 5) is 0. The quantitative estimate of drug-likeness (QED) is 0.634. The van der Waals surface area contributed by atoms with E-state index in [1.807, 2.05) is 17.5 Å². The zero-order valence-corrected chi connectivity index (χ0v) is 9.34. The lowest BCUT2D eigenvalue weighted by molar-refractivity contribution is 0.459. The Hall–Kier alpha value is -1.68. The Morgan fingerprint density at radius 1 is 1.31 bits per heavy atom. The fraction of sp³-hybridized carbons (Fsp3) is 0.0833. The van der Waals surface area contributed by atoms with Gasteiger partial charge in [-0.3, -0.25) is 0 Å². The van der Waals surface area contributed by atoms with Crippen molar-refractivity contribution >= 4 is 21.6 Å². The predicted molar refractivity (Wildman–Crippen MR) is 62.0 cm³/mol. The normalized spacial score (nSPS) is 11.1. The van der Waals surface area contributed by atoms with Crippen LogP contribution in [0.5, 0.6) is 0 Å². The molecule has 80 valence electrons. The van der Waals surface area contributed by atoms with Crippen LogP contribution in [0.15, 0.2) is 34.2 Å². The Labute approximate surface area is 95.3 Å². The molecule has 0 aliphatic heterocycles. The highest BCUT2D eigenvalue weighted by Gasteiger charge is 2.15. The maximum absolute atomic E-state index is 13.9. The van der Waals surface area contributed by atoms with E-state index < -0.39 is 0 Å². The molecule has 0 fully saturated rings. The number of thiophene rings is 1. The summed E-state index contributed by atoms with van der Waals surface area (Å²) in [5, 5.41) is 5.83. The number of aromatic nitrogens is 1. The molecule has 4 heteroatoms. The molecule has 0 unspecified atom stereocenters. The van der Waals surface area contributed by atoms with Crippen LogP contribution < -0.4 is 0 Å². The van der Waals surface area contributed by atoms with E-state index in [4.69, 9.17) is 4.52 Å². The molecule has 0 radical (unpaired) electrons. The summed E-state index contributed by atoms with van der Waals surface area (Å²) in [7, 11) is 0. The molecule has 0 N–H and O–H groups in total. The lowest BCUT2D eigenvalue weighted by Gasteiger charge is -2.01. The molecule has 0 saturated carbocycles. The molecule has 0 aliphatic carbocycles. The van der Waals surface area contributed by atoms with Gasteiger partial charge in [0.25, 0.3) is 0 Å². The van der Waals surface area contributed by atoms with Crippen molar-refractivity contribution in [1.82, 2.24) is 5.16 Å². The van der Waals surface area contributed by atoms with Gasteiger partial charge in [-0.25, -0.2) is 4.39 Å². The number of aryl methyl sites for hydroxylation is 1. The van der Waals surface area contributed by atoms with E-state index in [0.29, 0.717) is 22.4 Å². The van der Waals surface area contributed by atoms with Crippen LogP contribution in [0, 0.1) is 12.7 Å². The lowest BCUT2D eigenvalue weighted by Crippen LogP contribution is -1.87. The van der Waals surface area contributed by atoms with Crippen molar-refractivity contribution in [2.45, 2.75) is 6.92 Å². The molecule has 0 bridgehead atoms. The van der Waals surface area contributed by atoms with Gasteiger partial charge in [-0.05, 0) is 30.0 Å². The number of hydrogen-bond acceptors (Lipinski definition) is 3. The van der Waals surface area contributed by atoms with Crippen molar-refractivity contribution in [2.24, 2.45) is 0 Å². The second kappa shape index (κ2) is 3.42. The maximum atomic E-state index is 13.9. The molecule has 0 spiro atoms. The molecular weight excluding hydrogens is 225 g/mol. The van der Waals surface area contributed by atoms with Crippen molar-refractivity contribution < 1.29 is 8.91 Å². The zero-order valence-electron chi connectivity index (χ0n) is 8.53. The lowest BCUT2D eigenvalue weighted by atomic mass is 10.1. The third-order valence-electron chi connectivity index (χ3n) is 2.53. The van der Waals surface area contributed by atoms with Crippen LogP contribution in [0.4, 0.5) is 4.39 Å². The Balaban J connectivity index is 2.31. The van der Waals surface area contributed by atoms with Crippen LogP contribution in [0.3, 0.4) is 0 Å². The number of fused-ring (bicyclic) bond motifs is 1. The van der Waals surface area contributed by atoms with E-state index in [1.165, 1.54) is 11.3 Å². The first kappa shape index (κ1) is 9.54. The minimum atomic E-state index is -0.230. The average Bonchev–Trinajstić information content (AvgIpc) is 2.84. The average molecular weight is 233 g/mol. The Bertz CT molecular complexity index is 656. The smallest absolute Gasteiger partial charge is 0.178 e. The van der Waals surface area contributed by atoms with E-state index in [-0.39, 0.29) is 5.82 Å². The van der Waals surface area contributed by atoms with Gasteiger partial charge in [-0.15, -0.1) is 11.3 Å². The highest BCUT2D eigenvalue weighted by atomic mass is 32.1. The summed E-state index contributed by atoms with van der Waals surface area (Å²) < 4.78 is 19.9. The maximum Gasteiger partial charge on any atom is 0.178 e. The highest BCUT2D eigenvalue weighted by molar-refractivity contribution is 7.17. The summed E-state index contributed by atoms with van der Waals surface area (Å²) in [6.07, 6.45) is 0. The second-order valence-corrected chi connectivity index (χ2v) is 4.50. The van der Waals surface area contributed by atoms with E-state index in [1.54, 1.807) is 19.1 Å². The number of halogens is 1. The van der Waals surface area contributed by atoms with E-state index >= 15 is 0 Å². The van der Waals surface area contributed by atoms with Gasteiger partial charge in [-0.1, -0.05) is 17.3 Å². The number of rotatable bonds is 1. The second-order valence-electron chi connectivity index (χ2n) is 3.58. The number of benzene rings is 1. The van der Waals surface area contributed by atoms with Gasteiger partial charge < -0.3 is 4.52 Å². The van der Waals surface area contributed by atoms with Crippen LogP contribution in [-0.2, 0) is 0 Å². The molecule has 0 atom stereocenters. The standard InChI is InChI=1S/C12H8FNOS/c1-7-3-2-4-8(10(7)13)11-12-9(15-14-11)5-6-16-12/h2-6H,1H3. The highest BCUT2D eigenvalue weighted by Crippen LogP contribution is 2.33. The molecule has 3 rings (SSSR count). The first-order chi connectivity index (χ1) is 7.77. The zero-order chi connectivity index (χ0) is 11.1. The fourth-order valence-electron chi connectivity index (χ4n) is 1.68. The fourth-order valence-corrected chi connectivity index (χ4v) is 2.49. The molecule has 2 nitrogen and oxygen atoms in total. The molecular formula is C12H8FNOS. The largest absolute Gasteiger partial charge is 0.355 e. The molecule has 3 aromatic rings. The summed E-state index contributed by atoms with van der Waals surface area (Å²) >= 11 is 1.51. The van der Waals surface area contributed by atoms with Crippen molar-refractivity contribution in [3.63, 3.8) is 0 Å². The van der Waals surface area contributed by atoms with E-state index in [2.05, 4.69) is 5.16 Å². The minimum absolute atomic E-state index is 0.230. The van der Waals surface area contributed by atoms with Crippen LogP contribution in [0.2, 0.25) is 0 Å². The monoisotopic (exact) mass is 233 g/mol. The molecule has 2 aromatic heterocycles. The van der Waals surface area contributed by atoms with Gasteiger partial charge in [0.05, 0.1) is 0 Å². The summed E-state index contributed by atoms with van der Waals surface area (Å²) in [5.74, 6) is -0.230. The topological polar surface area (TPSA) is 26.0 Å². The minimum Gasteiger partial charge on any atom is -0.355 e. The Morgan fingerprint density at radius 3 is 3.06 bits per heavy atom. The van der Waals surface area contributed by atoms with Crippen LogP contribution >= 0.6 is 11.3 Å². The third-order valence-corrected chi connectivity index (χ3v) is 3.43. The van der Waals surface area contributed by atoms with Crippen molar-refractivity contribution in [2.75, 3.05) is 0 Å². The molecule has 0 saturated heterocycles. The molecule has 1 aromatic carbocycles. The molecule has 0 aliphatic rings. The van der Waals surface area contributed by atoms with Gasteiger partial charge in [0.1, 0.15) is 16.2 Å². The van der Waals surface area contributed by atoms with Crippen LogP contribution in [-0.4, -0.2) is 5.16 Å². The SMILES string of the molecule is Cc1cccc(-c2noc3ccsc23)c1F. The predicted octanol–water partition coefficient (Wildman–Crippen LogP) is 4.00. The van der Waals surface area contributed by atoms with Crippen LogP contribution in [0.1, 0.15) is 5.56 Å². The number of nitrogens with zero attached hydrogens (tertiary/aromatic N) is 1. The summed E-state index contributed by atoms with van der Waals surface area (Å²) in [5.41, 5.74) is 2.42. The van der Waals surface area contributed by atoms with E-state index in [9.17, 15) is 4.39 Å². The summed E-state index contributed by atoms with van der Waals surface area (Å²) in [6, 6.07) is 7.12. The van der Waals surface area contributed by atoms with Crippen molar-refractivity contribution in [3.8, 4) is 11.3 Å². The van der Waals surface area contributed by atoms with Gasteiger partial charge in [0.2, 0.25) is 0 Å².